The summed E-state index contributed by atoms with van der Waals surface area (Å²) in [6, 6.07) is 48.2. The molecule has 0 aromatic heterocycles. The predicted octanol–water partition coefficient (Wildman–Crippen LogP) is 13.7. The zero-order valence-electron chi connectivity index (χ0n) is 47.7. The van der Waals surface area contributed by atoms with Crippen LogP contribution in [0.5, 0.6) is 0 Å². The fourth-order valence-corrected chi connectivity index (χ4v) is 14.9. The van der Waals surface area contributed by atoms with E-state index in [2.05, 4.69) is 24.3 Å². The first-order chi connectivity index (χ1) is 42.4. The Morgan fingerprint density at radius 1 is 0.287 bits per heavy atom. The Labute approximate surface area is 497 Å². The molecule has 0 fully saturated rings. The average molecular weight is 1140 g/mol. The molecule has 0 bridgehead atoms. The van der Waals surface area contributed by atoms with Crippen molar-refractivity contribution < 1.29 is 43.1 Å². The van der Waals surface area contributed by atoms with Crippen molar-refractivity contribution in [2.75, 3.05) is 26.3 Å². The number of ether oxygens (including phenoxy) is 1. The van der Waals surface area contributed by atoms with Crippen LogP contribution in [-0.4, -0.2) is 105 Å². The maximum atomic E-state index is 14.7. The Hall–Kier alpha value is -10.2. The maximum absolute atomic E-state index is 14.7. The molecule has 4 aliphatic rings. The van der Waals surface area contributed by atoms with Crippen molar-refractivity contribution in [1.29, 1.82) is 0 Å². The first kappa shape index (κ1) is 52.3. The van der Waals surface area contributed by atoms with E-state index >= 15 is 0 Å². The van der Waals surface area contributed by atoms with Gasteiger partial charge in [0.05, 0.1) is 25.3 Å². The zero-order valence-corrected chi connectivity index (χ0v) is 47.7. The largest absolute Gasteiger partial charge is 0.377 e. The third kappa shape index (κ3) is 7.54. The third-order valence-corrected chi connectivity index (χ3v) is 19.0. The number of unbranched alkanes of at least 4 members (excludes halogenated alkanes) is 2. The van der Waals surface area contributed by atoms with Gasteiger partial charge in [0.1, 0.15) is 0 Å². The zero-order chi connectivity index (χ0) is 59.3. The number of fused-ring (bicyclic) bond motifs is 4. The first-order valence-electron chi connectivity index (χ1n) is 29.9. The van der Waals surface area contributed by atoms with Gasteiger partial charge in [-0.05, 0) is 177 Å². The van der Waals surface area contributed by atoms with E-state index in [1.807, 2.05) is 84.9 Å². The van der Waals surface area contributed by atoms with Crippen LogP contribution < -0.4 is 0 Å². The van der Waals surface area contributed by atoms with Gasteiger partial charge in [0.25, 0.3) is 47.3 Å². The molecule has 4 aliphatic heterocycles. The van der Waals surface area contributed by atoms with Crippen LogP contribution in [0.25, 0.3) is 86.2 Å². The van der Waals surface area contributed by atoms with Crippen molar-refractivity contribution >= 4 is 133 Å². The van der Waals surface area contributed by atoms with Crippen LogP contribution in [0.2, 0.25) is 0 Å². The summed E-state index contributed by atoms with van der Waals surface area (Å²) in [5.74, 6) is -3.19. The second-order valence-electron chi connectivity index (χ2n) is 23.9. The Balaban J connectivity index is 0.630. The summed E-state index contributed by atoms with van der Waals surface area (Å²) < 4.78 is 6.25. The standard InChI is InChI=1S/C74H54N4O9/c1-39(77-71(83)55-31-23-47-43-19-27-51-63-52(68(80)75(67(51)79)35-11-9-17-41-13-5-3-6-14-41)28-20-44(59(43)63)48-24-32-56(72(77)84)65(55)61(47)48)37-87-38-40(2)78-73(85)57-33-25-49-45-21-29-53-64-54(70(82)76(69(53)81)36-12-10-18-42-15-7-4-8-16-42)30-22-46(60(45)64)50-26-34-58(74(78)86)66(57)62(49)50/h3-8,13-16,19-34,39-40H,9-12,17-18,35-38H2,1-2H3. The topological polar surface area (TPSA) is 159 Å². The Morgan fingerprint density at radius 3 is 0.782 bits per heavy atom. The van der Waals surface area contributed by atoms with E-state index in [1.54, 1.807) is 62.4 Å². The van der Waals surface area contributed by atoms with Gasteiger partial charge in [-0.2, -0.15) is 0 Å². The van der Waals surface area contributed by atoms with E-state index in [0.717, 1.165) is 90.3 Å². The second-order valence-corrected chi connectivity index (χ2v) is 23.9. The lowest BCUT2D eigenvalue weighted by atomic mass is 9.82. The maximum Gasteiger partial charge on any atom is 0.261 e. The van der Waals surface area contributed by atoms with Crippen molar-refractivity contribution in [1.82, 2.24) is 19.6 Å². The SMILES string of the molecule is CC(COCC(C)N1C(=O)c2ccc3c4ccc5c6c(ccc(c7ccc(c2c37)C1=O)c64)C(=O)N(CCCCc1ccccc1)C5=O)N1C(=O)c2ccc3c4ccc5c6c(ccc(c7ccc(c2c37)C1=O)c64)C(=O)N(CCCCc1ccccc1)C5=O. The van der Waals surface area contributed by atoms with Crippen LogP contribution in [0.4, 0.5) is 0 Å². The normalized spacial score (nSPS) is 15.7. The van der Waals surface area contributed by atoms with Gasteiger partial charge in [-0.1, -0.05) is 109 Å². The number of imide groups is 4. The Kier molecular flexibility index (Phi) is 11.8. The molecular weight excluding hydrogens is 1090 g/mol. The molecule has 12 aromatic carbocycles. The van der Waals surface area contributed by atoms with E-state index in [0.29, 0.717) is 92.0 Å². The summed E-state index contributed by atoms with van der Waals surface area (Å²) >= 11 is 0. The van der Waals surface area contributed by atoms with Crippen LogP contribution in [0.3, 0.4) is 0 Å². The number of benzene rings is 12. The molecule has 13 nitrogen and oxygen atoms in total. The van der Waals surface area contributed by atoms with Crippen molar-refractivity contribution in [3.8, 4) is 0 Å². The van der Waals surface area contributed by atoms with Crippen LogP contribution in [0.1, 0.15) is 134 Å². The second kappa shape index (κ2) is 19.7. The third-order valence-electron chi connectivity index (χ3n) is 19.0. The molecule has 2 atom stereocenters. The highest BCUT2D eigenvalue weighted by atomic mass is 16.5. The van der Waals surface area contributed by atoms with Gasteiger partial charge in [-0.25, -0.2) is 0 Å². The summed E-state index contributed by atoms with van der Waals surface area (Å²) in [6.45, 7) is 3.94. The molecule has 0 radical (unpaired) electrons. The molecule has 8 amide bonds. The van der Waals surface area contributed by atoms with Crippen LogP contribution in [0.15, 0.2) is 158 Å². The molecular formula is C74H54N4O9. The number of rotatable bonds is 16. The molecule has 12 aromatic rings. The smallest absolute Gasteiger partial charge is 0.261 e. The number of amides is 8. The van der Waals surface area contributed by atoms with Gasteiger partial charge in [0.15, 0.2) is 0 Å². The number of carbonyl (C=O) groups excluding carboxylic acids is 8. The van der Waals surface area contributed by atoms with Crippen molar-refractivity contribution in [2.45, 2.75) is 64.5 Å². The molecule has 13 heteroatoms. The lowest BCUT2D eigenvalue weighted by molar-refractivity contribution is 0.0235. The fourth-order valence-electron chi connectivity index (χ4n) is 14.9. The monoisotopic (exact) mass is 1140 g/mol. The fraction of sp³-hybridized carbons (Fsp3) is 0.189. The minimum Gasteiger partial charge on any atom is -0.377 e. The van der Waals surface area contributed by atoms with Gasteiger partial charge < -0.3 is 4.74 Å². The highest BCUT2D eigenvalue weighted by molar-refractivity contribution is 6.43. The number of hydrogen-bond acceptors (Lipinski definition) is 9. The van der Waals surface area contributed by atoms with Gasteiger partial charge in [-0.3, -0.25) is 58.0 Å². The molecule has 2 unspecified atom stereocenters. The van der Waals surface area contributed by atoms with Crippen molar-refractivity contribution in [3.63, 3.8) is 0 Å². The molecule has 0 saturated carbocycles. The van der Waals surface area contributed by atoms with Gasteiger partial charge in [0.2, 0.25) is 0 Å². The average Bonchev–Trinajstić information content (AvgIpc) is 0.725. The molecule has 0 aliphatic carbocycles. The number of aryl methyl sites for hydroxylation is 2. The van der Waals surface area contributed by atoms with Crippen molar-refractivity contribution in [3.05, 3.63) is 213 Å². The van der Waals surface area contributed by atoms with Gasteiger partial charge in [0, 0.05) is 79.1 Å². The lowest BCUT2D eigenvalue weighted by Gasteiger charge is -2.34. The molecule has 87 heavy (non-hydrogen) atoms. The Bertz CT molecular complexity index is 4540. The summed E-state index contributed by atoms with van der Waals surface area (Å²) in [6.07, 6.45) is 4.72. The molecule has 16 rings (SSSR count). The molecule has 4 heterocycles. The number of carbonyl (C=O) groups is 8. The van der Waals surface area contributed by atoms with Gasteiger partial charge >= 0.3 is 0 Å². The van der Waals surface area contributed by atoms with Crippen molar-refractivity contribution in [2.24, 2.45) is 0 Å². The first-order valence-corrected chi connectivity index (χ1v) is 29.9. The summed E-state index contributed by atoms with van der Waals surface area (Å²) in [5.41, 5.74) is 5.74. The van der Waals surface area contributed by atoms with Gasteiger partial charge in [-0.15, -0.1) is 0 Å². The molecule has 424 valence electrons. The van der Waals surface area contributed by atoms with E-state index in [-0.39, 0.29) is 36.8 Å². The van der Waals surface area contributed by atoms with Crippen LogP contribution in [0, 0.1) is 0 Å². The number of nitrogens with zero attached hydrogens (tertiary/aromatic N) is 4. The summed E-state index contributed by atoms with van der Waals surface area (Å²) in [7, 11) is 0. The predicted molar refractivity (Wildman–Crippen MR) is 336 cm³/mol. The van der Waals surface area contributed by atoms with E-state index in [4.69, 9.17) is 4.74 Å². The highest BCUT2D eigenvalue weighted by Gasteiger charge is 2.42. The number of hydrogen-bond donors (Lipinski definition) is 0. The Morgan fingerprint density at radius 2 is 0.529 bits per heavy atom. The van der Waals surface area contributed by atoms with Crippen LogP contribution in [-0.2, 0) is 17.6 Å². The molecule has 0 N–H and O–H groups in total. The quantitative estimate of drug-likeness (QED) is 0.0397. The lowest BCUT2D eigenvalue weighted by Crippen LogP contribution is -2.49. The summed E-state index contributed by atoms with van der Waals surface area (Å²) in [5, 5.41) is 11.8. The molecule has 0 spiro atoms. The molecule has 0 saturated heterocycles. The summed E-state index contributed by atoms with van der Waals surface area (Å²) in [4.78, 5) is 120. The minimum atomic E-state index is -0.744. The van der Waals surface area contributed by atoms with E-state index in [9.17, 15) is 38.4 Å². The van der Waals surface area contributed by atoms with E-state index < -0.39 is 35.7 Å². The minimum absolute atomic E-state index is 0.0769. The van der Waals surface area contributed by atoms with E-state index in [1.165, 1.54) is 30.7 Å². The highest BCUT2D eigenvalue weighted by Crippen LogP contribution is 2.49. The van der Waals surface area contributed by atoms with Crippen LogP contribution >= 0.6 is 0 Å².